The smallest absolute Gasteiger partial charge is 0.326 e. The minimum absolute atomic E-state index is 0.0453. The van der Waals surface area contributed by atoms with Gasteiger partial charge < -0.3 is 21.5 Å². The fraction of sp³-hybridized carbons (Fsp3) is 0.308. The largest absolute Gasteiger partial charge is 0.480 e. The van der Waals surface area contributed by atoms with Crippen LogP contribution in [-0.2, 0) is 16.1 Å². The van der Waals surface area contributed by atoms with E-state index in [4.69, 9.17) is 10.8 Å². The summed E-state index contributed by atoms with van der Waals surface area (Å²) in [5.41, 5.74) is 5.83. The van der Waals surface area contributed by atoms with Crippen LogP contribution in [0, 0.1) is 0 Å². The third-order valence-corrected chi connectivity index (χ3v) is 3.18. The van der Waals surface area contributed by atoms with Crippen molar-refractivity contribution in [2.75, 3.05) is 0 Å². The Kier molecular flexibility index (Phi) is 6.67. The highest BCUT2D eigenvalue weighted by Crippen LogP contribution is 2.10. The molecule has 0 saturated heterocycles. The van der Waals surface area contributed by atoms with Gasteiger partial charge in [0.15, 0.2) is 0 Å². The molecule has 8 heteroatoms. The van der Waals surface area contributed by atoms with Crippen molar-refractivity contribution in [3.05, 3.63) is 34.3 Å². The van der Waals surface area contributed by atoms with Crippen LogP contribution in [0.4, 0.5) is 4.79 Å². The molecule has 7 nitrogen and oxygen atoms in total. The Morgan fingerprint density at radius 1 is 1.24 bits per heavy atom. The van der Waals surface area contributed by atoms with E-state index in [1.165, 1.54) is 0 Å². The Labute approximate surface area is 130 Å². The van der Waals surface area contributed by atoms with Crippen LogP contribution >= 0.6 is 15.9 Å². The number of benzene rings is 1. The Morgan fingerprint density at radius 3 is 2.38 bits per heavy atom. The van der Waals surface area contributed by atoms with Gasteiger partial charge in [0.2, 0.25) is 5.91 Å². The van der Waals surface area contributed by atoms with Gasteiger partial charge in [-0.2, -0.15) is 0 Å². The number of amides is 3. The molecule has 0 bridgehead atoms. The number of urea groups is 1. The first-order valence-electron chi connectivity index (χ1n) is 6.18. The molecular formula is C13H16BrN3O4. The maximum absolute atomic E-state index is 11.6. The molecule has 1 aromatic rings. The minimum atomic E-state index is -1.21. The lowest BCUT2D eigenvalue weighted by molar-refractivity contribution is -0.139. The van der Waals surface area contributed by atoms with Gasteiger partial charge in [0, 0.05) is 17.4 Å². The molecule has 3 amide bonds. The van der Waals surface area contributed by atoms with Gasteiger partial charge in [0.05, 0.1) is 0 Å². The molecule has 1 atom stereocenters. The second-order valence-corrected chi connectivity index (χ2v) is 5.26. The fourth-order valence-corrected chi connectivity index (χ4v) is 1.80. The van der Waals surface area contributed by atoms with Crippen molar-refractivity contribution in [2.45, 2.75) is 25.4 Å². The monoisotopic (exact) mass is 357 g/mol. The van der Waals surface area contributed by atoms with Crippen LogP contribution < -0.4 is 16.4 Å². The number of rotatable bonds is 7. The third-order valence-electron chi connectivity index (χ3n) is 2.65. The lowest BCUT2D eigenvalue weighted by atomic mass is 10.1. The summed E-state index contributed by atoms with van der Waals surface area (Å²) in [5, 5.41) is 13.8. The molecule has 0 heterocycles. The summed E-state index contributed by atoms with van der Waals surface area (Å²) in [6, 6.07) is 5.55. The van der Waals surface area contributed by atoms with Crippen molar-refractivity contribution in [2.24, 2.45) is 5.73 Å². The molecule has 21 heavy (non-hydrogen) atoms. The molecule has 0 saturated carbocycles. The molecule has 0 radical (unpaired) electrons. The van der Waals surface area contributed by atoms with Gasteiger partial charge in [-0.05, 0) is 24.1 Å². The second-order valence-electron chi connectivity index (χ2n) is 4.35. The van der Waals surface area contributed by atoms with Crippen LogP contribution in [-0.4, -0.2) is 29.1 Å². The molecule has 0 spiro atoms. The zero-order valence-corrected chi connectivity index (χ0v) is 12.7. The van der Waals surface area contributed by atoms with Gasteiger partial charge in [0.25, 0.3) is 0 Å². The number of carbonyl (C=O) groups is 3. The standard InChI is InChI=1S/C13H16BrN3O4/c14-9-3-1-8(2-4-9)7-16-13(21)17-10(12(19)20)5-6-11(15)18/h1-4,10H,5-7H2,(H2,15,18)(H,19,20)(H2,16,17,21). The predicted octanol–water partition coefficient (Wildman–Crippen LogP) is 0.967. The van der Waals surface area contributed by atoms with Crippen molar-refractivity contribution in [3.8, 4) is 0 Å². The first-order valence-corrected chi connectivity index (χ1v) is 6.97. The van der Waals surface area contributed by atoms with Crippen LogP contribution in [0.15, 0.2) is 28.7 Å². The summed E-state index contributed by atoms with van der Waals surface area (Å²) in [6.07, 6.45) is -0.152. The van der Waals surface area contributed by atoms with Crippen LogP contribution in [0.5, 0.6) is 0 Å². The van der Waals surface area contributed by atoms with E-state index >= 15 is 0 Å². The number of nitrogens with two attached hydrogens (primary N) is 1. The van der Waals surface area contributed by atoms with Gasteiger partial charge in [-0.1, -0.05) is 28.1 Å². The number of hydrogen-bond acceptors (Lipinski definition) is 3. The van der Waals surface area contributed by atoms with Crippen LogP contribution in [0.25, 0.3) is 0 Å². The predicted molar refractivity (Wildman–Crippen MR) is 79.4 cm³/mol. The van der Waals surface area contributed by atoms with E-state index in [0.29, 0.717) is 0 Å². The molecular weight excluding hydrogens is 342 g/mol. The Balaban J connectivity index is 2.44. The fourth-order valence-electron chi connectivity index (χ4n) is 1.54. The Bertz CT molecular complexity index is 519. The van der Waals surface area contributed by atoms with Crippen molar-refractivity contribution in [1.82, 2.24) is 10.6 Å². The molecule has 1 aromatic carbocycles. The molecule has 114 valence electrons. The number of hydrogen-bond donors (Lipinski definition) is 4. The van der Waals surface area contributed by atoms with Gasteiger partial charge >= 0.3 is 12.0 Å². The summed E-state index contributed by atoms with van der Waals surface area (Å²) in [6.45, 7) is 0.265. The first kappa shape index (κ1) is 17.0. The van der Waals surface area contributed by atoms with Crippen LogP contribution in [0.3, 0.4) is 0 Å². The molecule has 5 N–H and O–H groups in total. The SMILES string of the molecule is NC(=O)CCC(NC(=O)NCc1ccc(Br)cc1)C(=O)O. The molecule has 1 rings (SSSR count). The molecule has 0 aromatic heterocycles. The number of aliphatic carboxylic acids is 1. The van der Waals surface area contributed by atoms with Crippen LogP contribution in [0.2, 0.25) is 0 Å². The summed E-state index contributed by atoms with van der Waals surface area (Å²) in [7, 11) is 0. The molecule has 1 unspecified atom stereocenters. The van der Waals surface area contributed by atoms with Crippen molar-refractivity contribution >= 4 is 33.8 Å². The zero-order chi connectivity index (χ0) is 15.8. The Morgan fingerprint density at radius 2 is 1.86 bits per heavy atom. The van der Waals surface area contributed by atoms with Gasteiger partial charge in [-0.25, -0.2) is 9.59 Å². The molecule has 0 aliphatic rings. The lowest BCUT2D eigenvalue weighted by Crippen LogP contribution is -2.46. The van der Waals surface area contributed by atoms with E-state index in [9.17, 15) is 14.4 Å². The average Bonchev–Trinajstić information content (AvgIpc) is 2.42. The van der Waals surface area contributed by atoms with E-state index < -0.39 is 23.9 Å². The normalized spacial score (nSPS) is 11.5. The number of carboxylic acid groups (broad SMARTS) is 1. The topological polar surface area (TPSA) is 122 Å². The highest BCUT2D eigenvalue weighted by atomic mass is 79.9. The van der Waals surface area contributed by atoms with E-state index in [-0.39, 0.29) is 19.4 Å². The quantitative estimate of drug-likeness (QED) is 0.580. The first-order chi connectivity index (χ1) is 9.88. The number of nitrogens with one attached hydrogen (secondary N) is 2. The molecule has 0 aliphatic heterocycles. The summed E-state index contributed by atoms with van der Waals surface area (Å²) < 4.78 is 0.924. The van der Waals surface area contributed by atoms with Gasteiger partial charge in [-0.15, -0.1) is 0 Å². The Hall–Kier alpha value is -2.09. The molecule has 0 aliphatic carbocycles. The van der Waals surface area contributed by atoms with E-state index in [2.05, 4.69) is 26.6 Å². The lowest BCUT2D eigenvalue weighted by Gasteiger charge is -2.14. The van der Waals surface area contributed by atoms with Gasteiger partial charge in [0.1, 0.15) is 6.04 Å². The van der Waals surface area contributed by atoms with E-state index in [1.54, 1.807) is 0 Å². The maximum Gasteiger partial charge on any atom is 0.326 e. The zero-order valence-electron chi connectivity index (χ0n) is 11.1. The minimum Gasteiger partial charge on any atom is -0.480 e. The summed E-state index contributed by atoms with van der Waals surface area (Å²) in [4.78, 5) is 33.2. The summed E-state index contributed by atoms with van der Waals surface area (Å²) >= 11 is 3.30. The molecule has 0 fully saturated rings. The van der Waals surface area contributed by atoms with Crippen molar-refractivity contribution in [1.29, 1.82) is 0 Å². The summed E-state index contributed by atoms with van der Waals surface area (Å²) in [5.74, 6) is -1.83. The number of primary amides is 1. The number of carboxylic acids is 1. The highest BCUT2D eigenvalue weighted by molar-refractivity contribution is 9.10. The van der Waals surface area contributed by atoms with Crippen LogP contribution in [0.1, 0.15) is 18.4 Å². The highest BCUT2D eigenvalue weighted by Gasteiger charge is 2.20. The average molecular weight is 358 g/mol. The number of carbonyl (C=O) groups excluding carboxylic acids is 2. The van der Waals surface area contributed by atoms with Crippen molar-refractivity contribution in [3.63, 3.8) is 0 Å². The van der Waals surface area contributed by atoms with E-state index in [1.807, 2.05) is 24.3 Å². The number of halogens is 1. The second kappa shape index (κ2) is 8.25. The maximum atomic E-state index is 11.6. The third kappa shape index (κ3) is 6.75. The van der Waals surface area contributed by atoms with E-state index in [0.717, 1.165) is 10.0 Å². The van der Waals surface area contributed by atoms with Gasteiger partial charge in [-0.3, -0.25) is 4.79 Å². The van der Waals surface area contributed by atoms with Crippen molar-refractivity contribution < 1.29 is 19.5 Å².